The molecule has 1 unspecified atom stereocenters. The largest absolute Gasteiger partial charge is 0.335 e. The van der Waals surface area contributed by atoms with Gasteiger partial charge in [-0.05, 0) is 20.3 Å². The van der Waals surface area contributed by atoms with Gasteiger partial charge in [-0.1, -0.05) is 0 Å². The van der Waals surface area contributed by atoms with E-state index in [1.54, 1.807) is 29.7 Å². The van der Waals surface area contributed by atoms with E-state index in [1.807, 2.05) is 6.92 Å². The highest BCUT2D eigenvalue weighted by atomic mass is 32.2. The molecule has 0 spiro atoms. The second-order valence-electron chi connectivity index (χ2n) is 4.95. The number of carbonyl (C=O) groups is 1. The maximum absolute atomic E-state index is 12.5. The Hall–Kier alpha value is -1.37. The number of carbonyl (C=O) groups excluding carboxylic acids is 1. The van der Waals surface area contributed by atoms with E-state index in [1.165, 1.54) is 0 Å². The van der Waals surface area contributed by atoms with Gasteiger partial charge < -0.3 is 4.90 Å². The number of amides is 1. The van der Waals surface area contributed by atoms with Crippen LogP contribution in [0.15, 0.2) is 6.20 Å². The van der Waals surface area contributed by atoms with Gasteiger partial charge in [-0.3, -0.25) is 9.48 Å². The lowest BCUT2D eigenvalue weighted by Crippen LogP contribution is -2.41. The van der Waals surface area contributed by atoms with Gasteiger partial charge in [0.15, 0.2) is 9.84 Å². The zero-order chi connectivity index (χ0) is 14.2. The van der Waals surface area contributed by atoms with Crippen molar-refractivity contribution in [1.82, 2.24) is 14.7 Å². The average molecular weight is 285 g/mol. The number of aromatic nitrogens is 2. The summed E-state index contributed by atoms with van der Waals surface area (Å²) in [6.07, 6.45) is 2.21. The number of sulfone groups is 1. The smallest absolute Gasteiger partial charge is 0.257 e. The summed E-state index contributed by atoms with van der Waals surface area (Å²) in [6.45, 7) is 4.16. The van der Waals surface area contributed by atoms with Crippen molar-refractivity contribution >= 4 is 15.7 Å². The fourth-order valence-corrected chi connectivity index (χ4v) is 4.28. The topological polar surface area (TPSA) is 72.3 Å². The van der Waals surface area contributed by atoms with Crippen LogP contribution in [0.3, 0.4) is 0 Å². The number of hydrogen-bond donors (Lipinski definition) is 0. The van der Waals surface area contributed by atoms with E-state index in [0.29, 0.717) is 24.2 Å². The third-order valence-corrected chi connectivity index (χ3v) is 5.24. The van der Waals surface area contributed by atoms with Crippen LogP contribution < -0.4 is 0 Å². The Morgan fingerprint density at radius 1 is 1.58 bits per heavy atom. The zero-order valence-corrected chi connectivity index (χ0v) is 12.3. The lowest BCUT2D eigenvalue weighted by molar-refractivity contribution is 0.0707. The molecule has 1 aliphatic heterocycles. The first-order chi connectivity index (χ1) is 8.84. The SMILES string of the molecule is CCN(C(=O)c1cn(C)nc1C)C1CCS(=O)(=O)C1. The molecular weight excluding hydrogens is 266 g/mol. The van der Waals surface area contributed by atoms with Crippen LogP contribution in [-0.4, -0.2) is 53.1 Å². The molecule has 1 atom stereocenters. The van der Waals surface area contributed by atoms with E-state index in [0.717, 1.165) is 0 Å². The molecule has 1 saturated heterocycles. The lowest BCUT2D eigenvalue weighted by Gasteiger charge is -2.26. The molecule has 6 nitrogen and oxygen atoms in total. The molecule has 2 heterocycles. The van der Waals surface area contributed by atoms with E-state index in [4.69, 9.17) is 0 Å². The van der Waals surface area contributed by atoms with Crippen molar-refractivity contribution in [2.24, 2.45) is 7.05 Å². The van der Waals surface area contributed by atoms with Crippen molar-refractivity contribution in [3.8, 4) is 0 Å². The molecule has 2 rings (SSSR count). The third-order valence-electron chi connectivity index (χ3n) is 3.49. The quantitative estimate of drug-likeness (QED) is 0.805. The third kappa shape index (κ3) is 2.80. The minimum absolute atomic E-state index is 0.0753. The van der Waals surface area contributed by atoms with Crippen molar-refractivity contribution in [1.29, 1.82) is 0 Å². The van der Waals surface area contributed by atoms with E-state index in [2.05, 4.69) is 5.10 Å². The van der Waals surface area contributed by atoms with Gasteiger partial charge in [-0.2, -0.15) is 5.10 Å². The van der Waals surface area contributed by atoms with Crippen LogP contribution in [0.5, 0.6) is 0 Å². The summed E-state index contributed by atoms with van der Waals surface area (Å²) in [4.78, 5) is 14.1. The van der Waals surface area contributed by atoms with Crippen LogP contribution in [-0.2, 0) is 16.9 Å². The predicted molar refractivity (Wildman–Crippen MR) is 71.7 cm³/mol. The molecule has 7 heteroatoms. The molecule has 1 aromatic rings. The monoisotopic (exact) mass is 285 g/mol. The van der Waals surface area contributed by atoms with Gasteiger partial charge in [0.25, 0.3) is 5.91 Å². The zero-order valence-electron chi connectivity index (χ0n) is 11.5. The van der Waals surface area contributed by atoms with E-state index in [9.17, 15) is 13.2 Å². The van der Waals surface area contributed by atoms with Gasteiger partial charge in [-0.25, -0.2) is 8.42 Å². The first-order valence-corrected chi connectivity index (χ1v) is 8.18. The highest BCUT2D eigenvalue weighted by Crippen LogP contribution is 2.20. The van der Waals surface area contributed by atoms with Crippen molar-refractivity contribution < 1.29 is 13.2 Å². The maximum atomic E-state index is 12.5. The van der Waals surface area contributed by atoms with E-state index in [-0.39, 0.29) is 23.5 Å². The summed E-state index contributed by atoms with van der Waals surface area (Å²) in [6, 6.07) is -0.206. The molecule has 0 N–H and O–H groups in total. The Balaban J connectivity index is 2.23. The van der Waals surface area contributed by atoms with Gasteiger partial charge in [0, 0.05) is 25.8 Å². The number of nitrogens with zero attached hydrogens (tertiary/aromatic N) is 3. The minimum Gasteiger partial charge on any atom is -0.335 e. The summed E-state index contributed by atoms with van der Waals surface area (Å²) in [7, 11) is -1.22. The van der Waals surface area contributed by atoms with Gasteiger partial charge in [0.05, 0.1) is 22.8 Å². The number of hydrogen-bond acceptors (Lipinski definition) is 4. The summed E-state index contributed by atoms with van der Waals surface area (Å²) < 4.78 is 24.7. The summed E-state index contributed by atoms with van der Waals surface area (Å²) in [5, 5.41) is 4.15. The Morgan fingerprint density at radius 3 is 2.68 bits per heavy atom. The molecular formula is C12H19N3O3S. The first kappa shape index (κ1) is 14.0. The highest BCUT2D eigenvalue weighted by Gasteiger charge is 2.34. The molecule has 1 fully saturated rings. The Morgan fingerprint density at radius 2 is 2.26 bits per heavy atom. The first-order valence-electron chi connectivity index (χ1n) is 6.35. The second-order valence-corrected chi connectivity index (χ2v) is 7.18. The fraction of sp³-hybridized carbons (Fsp3) is 0.667. The van der Waals surface area contributed by atoms with E-state index < -0.39 is 9.84 Å². The van der Waals surface area contributed by atoms with Crippen molar-refractivity contribution in [2.75, 3.05) is 18.1 Å². The highest BCUT2D eigenvalue weighted by molar-refractivity contribution is 7.91. The van der Waals surface area contributed by atoms with Crippen molar-refractivity contribution in [2.45, 2.75) is 26.3 Å². The van der Waals surface area contributed by atoms with Crippen molar-refractivity contribution in [3.63, 3.8) is 0 Å². The molecule has 106 valence electrons. The van der Waals surface area contributed by atoms with Crippen molar-refractivity contribution in [3.05, 3.63) is 17.5 Å². The van der Waals surface area contributed by atoms with Crippen LogP contribution in [0.4, 0.5) is 0 Å². The molecule has 1 aromatic heterocycles. The van der Waals surface area contributed by atoms with Gasteiger partial charge in [-0.15, -0.1) is 0 Å². The van der Waals surface area contributed by atoms with Crippen LogP contribution in [0.25, 0.3) is 0 Å². The standard InChI is InChI=1S/C12H19N3O3S/c1-4-15(10-5-6-19(17,18)8-10)12(16)11-7-14(3)13-9(11)2/h7,10H,4-6,8H2,1-3H3. The van der Waals surface area contributed by atoms with Gasteiger partial charge in [0.2, 0.25) is 0 Å². The van der Waals surface area contributed by atoms with Crippen LogP contribution in [0, 0.1) is 6.92 Å². The molecule has 0 aromatic carbocycles. The minimum atomic E-state index is -2.99. The van der Waals surface area contributed by atoms with Gasteiger partial charge in [0.1, 0.15) is 0 Å². The van der Waals surface area contributed by atoms with Crippen LogP contribution in [0.1, 0.15) is 29.4 Å². The fourth-order valence-electron chi connectivity index (χ4n) is 2.55. The molecule has 1 aliphatic rings. The number of aryl methyl sites for hydroxylation is 2. The Kier molecular flexibility index (Phi) is 3.66. The second kappa shape index (κ2) is 4.96. The predicted octanol–water partition coefficient (Wildman–Crippen LogP) is 0.378. The summed E-state index contributed by atoms with van der Waals surface area (Å²) in [5.41, 5.74) is 1.22. The Bertz CT molecular complexity index is 591. The van der Waals surface area contributed by atoms with Crippen LogP contribution >= 0.6 is 0 Å². The lowest BCUT2D eigenvalue weighted by atomic mass is 10.1. The van der Waals surface area contributed by atoms with Crippen LogP contribution in [0.2, 0.25) is 0 Å². The van der Waals surface area contributed by atoms with E-state index >= 15 is 0 Å². The maximum Gasteiger partial charge on any atom is 0.257 e. The molecule has 0 aliphatic carbocycles. The number of rotatable bonds is 3. The molecule has 1 amide bonds. The van der Waals surface area contributed by atoms with Gasteiger partial charge >= 0.3 is 0 Å². The molecule has 0 bridgehead atoms. The summed E-state index contributed by atoms with van der Waals surface area (Å²) in [5.74, 6) is 0.120. The molecule has 19 heavy (non-hydrogen) atoms. The molecule has 0 radical (unpaired) electrons. The summed E-state index contributed by atoms with van der Waals surface area (Å²) >= 11 is 0. The molecule has 0 saturated carbocycles. The Labute approximate surface area is 113 Å². The normalized spacial score (nSPS) is 21.5. The average Bonchev–Trinajstić information content (AvgIpc) is 2.82.